The highest BCUT2D eigenvalue weighted by molar-refractivity contribution is 5.88. The van der Waals surface area contributed by atoms with E-state index in [0.29, 0.717) is 31.5 Å². The number of rotatable bonds is 3. The number of carboxylic acids is 1. The van der Waals surface area contributed by atoms with Crippen molar-refractivity contribution in [1.29, 1.82) is 0 Å². The van der Waals surface area contributed by atoms with Gasteiger partial charge in [-0.25, -0.2) is 9.48 Å². The molecule has 1 N–H and O–H groups in total. The Balaban J connectivity index is 1.95. The van der Waals surface area contributed by atoms with E-state index in [4.69, 9.17) is 0 Å². The minimum atomic E-state index is -1.06. The number of carbonyl (C=O) groups excluding carboxylic acids is 1. The van der Waals surface area contributed by atoms with Crippen molar-refractivity contribution < 1.29 is 14.7 Å². The molecule has 1 aromatic heterocycles. The van der Waals surface area contributed by atoms with Crippen molar-refractivity contribution in [3.63, 3.8) is 0 Å². The largest absolute Gasteiger partial charge is 0.476 e. The lowest BCUT2D eigenvalue weighted by molar-refractivity contribution is -0.134. The maximum Gasteiger partial charge on any atom is 0.356 e. The van der Waals surface area contributed by atoms with E-state index in [2.05, 4.69) is 5.10 Å². The van der Waals surface area contributed by atoms with Crippen LogP contribution in [0.25, 0.3) is 5.69 Å². The van der Waals surface area contributed by atoms with Crippen LogP contribution in [0.3, 0.4) is 0 Å². The van der Waals surface area contributed by atoms with Gasteiger partial charge < -0.3 is 10.0 Å². The smallest absolute Gasteiger partial charge is 0.356 e. The molecular weight excluding hydrogens is 318 g/mol. The van der Waals surface area contributed by atoms with Gasteiger partial charge in [0.2, 0.25) is 5.91 Å². The summed E-state index contributed by atoms with van der Waals surface area (Å²) in [4.78, 5) is 25.9. The molecule has 6 nitrogen and oxygen atoms in total. The number of hydrogen-bond donors (Lipinski definition) is 1. The van der Waals surface area contributed by atoms with Crippen LogP contribution in [0.4, 0.5) is 0 Å². The van der Waals surface area contributed by atoms with Crippen LogP contribution in [-0.4, -0.2) is 38.2 Å². The van der Waals surface area contributed by atoms with E-state index < -0.39 is 5.97 Å². The van der Waals surface area contributed by atoms with Crippen LogP contribution < -0.4 is 0 Å². The molecule has 0 fully saturated rings. The van der Waals surface area contributed by atoms with Gasteiger partial charge in [-0.2, -0.15) is 5.10 Å². The third-order valence-corrected chi connectivity index (χ3v) is 4.29. The summed E-state index contributed by atoms with van der Waals surface area (Å²) >= 11 is 0. The Hall–Kier alpha value is -2.63. The van der Waals surface area contributed by atoms with Gasteiger partial charge in [0, 0.05) is 31.5 Å². The normalized spacial score (nSPS) is 14.3. The second-order valence-electron chi connectivity index (χ2n) is 7.63. The first kappa shape index (κ1) is 17.2. The fourth-order valence-corrected chi connectivity index (χ4v) is 3.15. The second kappa shape index (κ2) is 6.35. The fraction of sp³-hybridized carbons (Fsp3) is 0.421. The molecule has 0 spiro atoms. The zero-order valence-electron chi connectivity index (χ0n) is 14.8. The van der Waals surface area contributed by atoms with Crippen LogP contribution in [-0.2, 0) is 17.8 Å². The molecule has 2 heterocycles. The summed E-state index contributed by atoms with van der Waals surface area (Å²) in [5, 5.41) is 13.8. The van der Waals surface area contributed by atoms with Crippen molar-refractivity contribution in [2.24, 2.45) is 5.41 Å². The predicted molar refractivity (Wildman–Crippen MR) is 93.7 cm³/mol. The van der Waals surface area contributed by atoms with Crippen molar-refractivity contribution >= 4 is 11.9 Å². The summed E-state index contributed by atoms with van der Waals surface area (Å²) in [5.41, 5.74) is 2.29. The summed E-state index contributed by atoms with van der Waals surface area (Å²) in [6, 6.07) is 9.49. The third-order valence-electron chi connectivity index (χ3n) is 4.29. The molecule has 0 bridgehead atoms. The van der Waals surface area contributed by atoms with Crippen molar-refractivity contribution in [3.05, 3.63) is 47.3 Å². The Labute approximate surface area is 147 Å². The molecule has 0 saturated heterocycles. The van der Waals surface area contributed by atoms with E-state index in [1.165, 1.54) is 0 Å². The zero-order chi connectivity index (χ0) is 18.2. The summed E-state index contributed by atoms with van der Waals surface area (Å²) in [7, 11) is 0. The number of aromatic nitrogens is 2. The molecule has 0 radical (unpaired) electrons. The third kappa shape index (κ3) is 3.57. The van der Waals surface area contributed by atoms with Crippen LogP contribution in [0.5, 0.6) is 0 Å². The van der Waals surface area contributed by atoms with E-state index in [-0.39, 0.29) is 17.0 Å². The average Bonchev–Trinajstić information content (AvgIpc) is 2.93. The molecule has 0 unspecified atom stereocenters. The monoisotopic (exact) mass is 341 g/mol. The van der Waals surface area contributed by atoms with Crippen molar-refractivity contribution in [2.75, 3.05) is 6.54 Å². The first-order valence-corrected chi connectivity index (χ1v) is 8.43. The molecular formula is C19H23N3O3. The van der Waals surface area contributed by atoms with E-state index in [0.717, 1.165) is 11.4 Å². The van der Waals surface area contributed by atoms with Crippen LogP contribution in [0.2, 0.25) is 0 Å². The van der Waals surface area contributed by atoms with Crippen molar-refractivity contribution in [3.8, 4) is 5.69 Å². The maximum atomic E-state index is 12.5. The van der Waals surface area contributed by atoms with Gasteiger partial charge in [-0.3, -0.25) is 4.79 Å². The Bertz CT molecular complexity index is 803. The summed E-state index contributed by atoms with van der Waals surface area (Å²) < 4.78 is 1.70. The Morgan fingerprint density at radius 3 is 2.48 bits per heavy atom. The molecule has 3 rings (SSSR count). The number of aromatic carboxylic acids is 1. The van der Waals surface area contributed by atoms with Crippen molar-refractivity contribution in [1.82, 2.24) is 14.7 Å². The van der Waals surface area contributed by atoms with Crippen LogP contribution in [0, 0.1) is 5.41 Å². The Kier molecular flexibility index (Phi) is 4.37. The van der Waals surface area contributed by atoms with Gasteiger partial charge in [-0.15, -0.1) is 0 Å². The summed E-state index contributed by atoms with van der Waals surface area (Å²) in [6.07, 6.45) is 1.04. The number of fused-ring (bicyclic) bond motifs is 1. The van der Waals surface area contributed by atoms with Crippen LogP contribution in [0.15, 0.2) is 30.3 Å². The number of hydrogen-bond acceptors (Lipinski definition) is 3. The topological polar surface area (TPSA) is 75.4 Å². The molecule has 1 aliphatic rings. The number of amides is 1. The number of benzene rings is 1. The lowest BCUT2D eigenvalue weighted by Crippen LogP contribution is -2.38. The summed E-state index contributed by atoms with van der Waals surface area (Å²) in [5.74, 6) is -1.00. The van der Waals surface area contributed by atoms with Crippen LogP contribution in [0.1, 0.15) is 48.9 Å². The van der Waals surface area contributed by atoms with Gasteiger partial charge in [-0.1, -0.05) is 39.0 Å². The summed E-state index contributed by atoms with van der Waals surface area (Å²) in [6.45, 7) is 6.96. The molecule has 0 aliphatic carbocycles. The first-order chi connectivity index (χ1) is 11.8. The molecule has 1 aromatic carbocycles. The minimum absolute atomic E-state index is 0.0344. The van der Waals surface area contributed by atoms with E-state index >= 15 is 0 Å². The van der Waals surface area contributed by atoms with Crippen LogP contribution >= 0.6 is 0 Å². The SMILES string of the molecule is CC(C)(C)CC(=O)N1CCc2c(c(C(=O)O)nn2-c2ccccc2)C1. The van der Waals surface area contributed by atoms with Gasteiger partial charge >= 0.3 is 5.97 Å². The average molecular weight is 341 g/mol. The molecule has 25 heavy (non-hydrogen) atoms. The fourth-order valence-electron chi connectivity index (χ4n) is 3.15. The molecule has 0 saturated carbocycles. The maximum absolute atomic E-state index is 12.5. The minimum Gasteiger partial charge on any atom is -0.476 e. The van der Waals surface area contributed by atoms with E-state index in [1.54, 1.807) is 9.58 Å². The predicted octanol–water partition coefficient (Wildman–Crippen LogP) is 2.89. The highest BCUT2D eigenvalue weighted by atomic mass is 16.4. The lowest BCUT2D eigenvalue weighted by Gasteiger charge is -2.30. The Morgan fingerprint density at radius 2 is 1.88 bits per heavy atom. The molecule has 132 valence electrons. The van der Waals surface area contributed by atoms with Crippen molar-refractivity contribution in [2.45, 2.75) is 40.2 Å². The molecule has 1 amide bonds. The lowest BCUT2D eigenvalue weighted by atomic mass is 9.91. The van der Waals surface area contributed by atoms with Gasteiger partial charge in [0.05, 0.1) is 11.4 Å². The standard InChI is InChI=1S/C19H23N3O3/c1-19(2,3)11-16(23)21-10-9-15-14(12-21)17(18(24)25)20-22(15)13-7-5-4-6-8-13/h4-8H,9-12H2,1-3H3,(H,24,25). The molecule has 0 atom stereocenters. The number of para-hydroxylation sites is 1. The second-order valence-corrected chi connectivity index (χ2v) is 7.63. The molecule has 6 heteroatoms. The van der Waals surface area contributed by atoms with Gasteiger partial charge in [0.1, 0.15) is 0 Å². The number of carboxylic acid groups (broad SMARTS) is 1. The molecule has 2 aromatic rings. The molecule has 1 aliphatic heterocycles. The number of nitrogens with zero attached hydrogens (tertiary/aromatic N) is 3. The highest BCUT2D eigenvalue weighted by Gasteiger charge is 2.31. The van der Waals surface area contributed by atoms with E-state index in [1.807, 2.05) is 51.1 Å². The zero-order valence-corrected chi connectivity index (χ0v) is 14.8. The number of carbonyl (C=O) groups is 2. The van der Waals surface area contributed by atoms with E-state index in [9.17, 15) is 14.7 Å². The highest BCUT2D eigenvalue weighted by Crippen LogP contribution is 2.27. The van der Waals surface area contributed by atoms with Gasteiger partial charge in [0.25, 0.3) is 0 Å². The quantitative estimate of drug-likeness (QED) is 0.931. The first-order valence-electron chi connectivity index (χ1n) is 8.43. The Morgan fingerprint density at radius 1 is 1.20 bits per heavy atom. The van der Waals surface area contributed by atoms with Gasteiger partial charge in [-0.05, 0) is 17.5 Å². The van der Waals surface area contributed by atoms with Gasteiger partial charge in [0.15, 0.2) is 5.69 Å².